The summed E-state index contributed by atoms with van der Waals surface area (Å²) in [6, 6.07) is 12.4. The Kier molecular flexibility index (Phi) is 4.01. The van der Waals surface area contributed by atoms with Gasteiger partial charge in [-0.25, -0.2) is 4.90 Å². The van der Waals surface area contributed by atoms with Crippen molar-refractivity contribution in [1.29, 1.82) is 0 Å². The van der Waals surface area contributed by atoms with Crippen molar-refractivity contribution in [2.75, 3.05) is 4.90 Å². The van der Waals surface area contributed by atoms with Gasteiger partial charge in [-0.15, -0.1) is 0 Å². The molecule has 1 unspecified atom stereocenters. The Morgan fingerprint density at radius 2 is 1.69 bits per heavy atom. The highest BCUT2D eigenvalue weighted by Gasteiger charge is 2.58. The molecule has 0 saturated carbocycles. The van der Waals surface area contributed by atoms with E-state index in [1.165, 1.54) is 18.2 Å². The van der Waals surface area contributed by atoms with Gasteiger partial charge in [-0.05, 0) is 30.7 Å². The number of rotatable bonds is 2. The fourth-order valence-corrected chi connectivity index (χ4v) is 3.75. The Bertz CT molecular complexity index is 936. The van der Waals surface area contributed by atoms with Crippen LogP contribution >= 0.6 is 23.2 Å². The minimum absolute atomic E-state index is 0.0746. The largest absolute Gasteiger partial charge is 0.378 e. The van der Waals surface area contributed by atoms with Crippen molar-refractivity contribution in [3.05, 3.63) is 63.6 Å². The van der Waals surface area contributed by atoms with Gasteiger partial charge in [0, 0.05) is 16.5 Å². The third-order valence-electron chi connectivity index (χ3n) is 4.55. The van der Waals surface area contributed by atoms with E-state index in [0.717, 1.165) is 16.0 Å². The van der Waals surface area contributed by atoms with Crippen LogP contribution in [0, 0.1) is 6.92 Å². The Balaban J connectivity index is 1.63. The summed E-state index contributed by atoms with van der Waals surface area (Å²) in [6.45, 7) is 1.99. The van der Waals surface area contributed by atoms with Crippen LogP contribution < -0.4 is 4.90 Å². The molecule has 0 N–H and O–H groups in total. The molecule has 26 heavy (non-hydrogen) atoms. The van der Waals surface area contributed by atoms with Gasteiger partial charge < -0.3 is 4.84 Å². The number of anilines is 1. The lowest BCUT2D eigenvalue weighted by molar-refractivity contribution is -0.136. The van der Waals surface area contributed by atoms with E-state index in [0.29, 0.717) is 21.4 Å². The van der Waals surface area contributed by atoms with E-state index < -0.39 is 11.5 Å². The molecule has 0 bridgehead atoms. The second kappa shape index (κ2) is 6.11. The number of carbonyl (C=O) groups is 2. The quantitative estimate of drug-likeness (QED) is 0.726. The van der Waals surface area contributed by atoms with Crippen LogP contribution in [0.5, 0.6) is 0 Å². The first-order chi connectivity index (χ1) is 12.4. The second-order valence-corrected chi connectivity index (χ2v) is 7.38. The molecular weight excluding hydrogens is 375 g/mol. The van der Waals surface area contributed by atoms with Gasteiger partial charge in [-0.2, -0.15) is 0 Å². The molecule has 1 spiro atoms. The number of benzene rings is 2. The van der Waals surface area contributed by atoms with Crippen molar-refractivity contribution in [2.45, 2.75) is 25.4 Å². The molecule has 4 rings (SSSR count). The highest BCUT2D eigenvalue weighted by Crippen LogP contribution is 2.40. The summed E-state index contributed by atoms with van der Waals surface area (Å²) in [5.74, 6) is -0.819. The van der Waals surface area contributed by atoms with Crippen LogP contribution in [-0.4, -0.2) is 23.1 Å². The maximum atomic E-state index is 13.0. The van der Waals surface area contributed by atoms with Gasteiger partial charge in [0.15, 0.2) is 0 Å². The molecule has 0 radical (unpaired) electrons. The molecule has 7 heteroatoms. The average Bonchev–Trinajstić information content (AvgIpc) is 3.09. The molecule has 2 heterocycles. The molecule has 0 aromatic heterocycles. The zero-order valence-electron chi connectivity index (χ0n) is 13.8. The maximum Gasteiger partial charge on any atom is 0.281 e. The first-order valence-corrected chi connectivity index (χ1v) is 8.79. The Hall–Kier alpha value is -2.37. The van der Waals surface area contributed by atoms with Crippen molar-refractivity contribution in [3.8, 4) is 0 Å². The molecular formula is C19H14Cl2N2O3. The zero-order chi connectivity index (χ0) is 18.5. The van der Waals surface area contributed by atoms with Crippen LogP contribution in [-0.2, 0) is 14.4 Å². The fourth-order valence-electron chi connectivity index (χ4n) is 3.23. The Labute approximate surface area is 160 Å². The minimum atomic E-state index is -1.30. The van der Waals surface area contributed by atoms with Gasteiger partial charge in [0.25, 0.3) is 5.91 Å². The van der Waals surface area contributed by atoms with Crippen molar-refractivity contribution >= 4 is 46.4 Å². The van der Waals surface area contributed by atoms with Crippen molar-refractivity contribution in [1.82, 2.24) is 0 Å². The molecule has 132 valence electrons. The summed E-state index contributed by atoms with van der Waals surface area (Å²) < 4.78 is 0. The number of aryl methyl sites for hydroxylation is 1. The van der Waals surface area contributed by atoms with Gasteiger partial charge in [0.1, 0.15) is 0 Å². The van der Waals surface area contributed by atoms with E-state index in [1.807, 2.05) is 31.2 Å². The summed E-state index contributed by atoms with van der Waals surface area (Å²) in [5, 5.41) is 4.77. The lowest BCUT2D eigenvalue weighted by Crippen LogP contribution is -2.40. The minimum Gasteiger partial charge on any atom is -0.378 e. The van der Waals surface area contributed by atoms with Gasteiger partial charge in [0.2, 0.25) is 11.5 Å². The molecule has 2 aromatic rings. The molecule has 5 nitrogen and oxygen atoms in total. The predicted molar refractivity (Wildman–Crippen MR) is 99.7 cm³/mol. The normalized spacial score (nSPS) is 22.1. The first-order valence-electron chi connectivity index (χ1n) is 8.03. The number of oxime groups is 1. The van der Waals surface area contributed by atoms with Gasteiger partial charge in [-0.1, -0.05) is 58.2 Å². The fraction of sp³-hybridized carbons (Fsp3) is 0.211. The lowest BCUT2D eigenvalue weighted by atomic mass is 9.92. The van der Waals surface area contributed by atoms with Crippen LogP contribution in [0.15, 0.2) is 47.6 Å². The number of amides is 2. The van der Waals surface area contributed by atoms with Crippen LogP contribution in [0.25, 0.3) is 0 Å². The van der Waals surface area contributed by atoms with Gasteiger partial charge in [0.05, 0.1) is 17.8 Å². The Morgan fingerprint density at radius 1 is 1.04 bits per heavy atom. The summed E-state index contributed by atoms with van der Waals surface area (Å²) >= 11 is 12.0. The standard InChI is InChI=1S/C19H14Cl2N2O3/c1-11-2-4-12(5-3-11)16-9-19(26-22-16)10-17(24)23(18(19)25)15-7-13(20)6-14(21)8-15/h2-8H,9-10H2,1H3. The van der Waals surface area contributed by atoms with Crippen molar-refractivity contribution in [2.24, 2.45) is 5.16 Å². The maximum absolute atomic E-state index is 13.0. The van der Waals surface area contributed by atoms with E-state index in [1.54, 1.807) is 0 Å². The average molecular weight is 389 g/mol. The SMILES string of the molecule is Cc1ccc(C2=NOC3(CC(=O)N(c4cc(Cl)cc(Cl)c4)C3=O)C2)cc1. The van der Waals surface area contributed by atoms with Crippen LogP contribution in [0.1, 0.15) is 24.0 Å². The van der Waals surface area contributed by atoms with Crippen LogP contribution in [0.2, 0.25) is 10.0 Å². The van der Waals surface area contributed by atoms with Crippen molar-refractivity contribution in [3.63, 3.8) is 0 Å². The number of hydrogen-bond acceptors (Lipinski definition) is 4. The molecule has 2 aliphatic heterocycles. The second-order valence-electron chi connectivity index (χ2n) is 6.51. The smallest absolute Gasteiger partial charge is 0.281 e. The highest BCUT2D eigenvalue weighted by molar-refractivity contribution is 6.36. The van der Waals surface area contributed by atoms with Crippen LogP contribution in [0.3, 0.4) is 0 Å². The first kappa shape index (κ1) is 17.1. The summed E-state index contributed by atoms with van der Waals surface area (Å²) in [4.78, 5) is 32.1. The zero-order valence-corrected chi connectivity index (χ0v) is 15.3. The van der Waals surface area contributed by atoms with E-state index in [2.05, 4.69) is 5.16 Å². The van der Waals surface area contributed by atoms with Gasteiger partial charge in [-0.3, -0.25) is 9.59 Å². The molecule has 1 atom stereocenters. The molecule has 1 fully saturated rings. The number of imide groups is 1. The predicted octanol–water partition coefficient (Wildman–Crippen LogP) is 4.13. The molecule has 0 aliphatic carbocycles. The van der Waals surface area contributed by atoms with Gasteiger partial charge >= 0.3 is 0 Å². The third kappa shape index (κ3) is 2.77. The van der Waals surface area contributed by atoms with Crippen LogP contribution in [0.4, 0.5) is 5.69 Å². The third-order valence-corrected chi connectivity index (χ3v) is 4.99. The Morgan fingerprint density at radius 3 is 2.35 bits per heavy atom. The summed E-state index contributed by atoms with van der Waals surface area (Å²) in [6.07, 6.45) is 0.167. The molecule has 2 amide bonds. The lowest BCUT2D eigenvalue weighted by Gasteiger charge is -2.19. The summed E-state index contributed by atoms with van der Waals surface area (Å²) in [7, 11) is 0. The van der Waals surface area contributed by atoms with E-state index in [9.17, 15) is 9.59 Å². The van der Waals surface area contributed by atoms with E-state index in [4.69, 9.17) is 28.0 Å². The monoisotopic (exact) mass is 388 g/mol. The highest BCUT2D eigenvalue weighted by atomic mass is 35.5. The van der Waals surface area contributed by atoms with E-state index in [-0.39, 0.29) is 18.7 Å². The summed E-state index contributed by atoms with van der Waals surface area (Å²) in [5.41, 5.74) is 1.68. The van der Waals surface area contributed by atoms with E-state index >= 15 is 0 Å². The topological polar surface area (TPSA) is 59.0 Å². The number of halogens is 2. The molecule has 2 aliphatic rings. The van der Waals surface area contributed by atoms with Crippen molar-refractivity contribution < 1.29 is 14.4 Å². The number of hydrogen-bond donors (Lipinski definition) is 0. The molecule has 1 saturated heterocycles. The molecule has 2 aromatic carbocycles. The number of nitrogens with zero attached hydrogens (tertiary/aromatic N) is 2. The number of carbonyl (C=O) groups excluding carboxylic acids is 2.